The minimum absolute atomic E-state index is 0.329. The molecule has 0 unspecified atom stereocenters. The van der Waals surface area contributed by atoms with E-state index in [0.29, 0.717) is 13.2 Å². The van der Waals surface area contributed by atoms with Gasteiger partial charge < -0.3 is 20.1 Å². The van der Waals surface area contributed by atoms with E-state index >= 15 is 0 Å². The van der Waals surface area contributed by atoms with Crippen LogP contribution in [0.5, 0.6) is 0 Å². The van der Waals surface area contributed by atoms with E-state index in [4.69, 9.17) is 9.47 Å². The van der Waals surface area contributed by atoms with Crippen LogP contribution in [-0.4, -0.2) is 19.2 Å². The maximum atomic E-state index is 12.4. The summed E-state index contributed by atoms with van der Waals surface area (Å²) in [5.41, 5.74) is -0.667. The third-order valence-electron chi connectivity index (χ3n) is 4.16. The van der Waals surface area contributed by atoms with E-state index in [1.54, 1.807) is 0 Å². The summed E-state index contributed by atoms with van der Waals surface area (Å²) in [5.74, 6) is 0. The zero-order valence-corrected chi connectivity index (χ0v) is 13.9. The Morgan fingerprint density at radius 2 is 1.12 bits per heavy atom. The molecule has 5 heteroatoms. The van der Waals surface area contributed by atoms with Gasteiger partial charge in [-0.05, 0) is 13.8 Å². The average Bonchev–Trinajstić information content (AvgIpc) is 2.90. The Hall–Kier alpha value is -2.37. The van der Waals surface area contributed by atoms with Crippen molar-refractivity contribution >= 4 is 6.03 Å². The van der Waals surface area contributed by atoms with E-state index in [-0.39, 0.29) is 6.03 Å². The first-order valence-corrected chi connectivity index (χ1v) is 8.18. The molecule has 0 radical (unpaired) electrons. The topological polar surface area (TPSA) is 59.6 Å². The van der Waals surface area contributed by atoms with Crippen molar-refractivity contribution in [1.82, 2.24) is 10.6 Å². The molecule has 0 spiro atoms. The lowest BCUT2D eigenvalue weighted by atomic mass is 9.86. The second-order valence-electron chi connectivity index (χ2n) is 5.54. The largest absolute Gasteiger partial charge is 0.347 e. The molecule has 1 aliphatic rings. The molecule has 0 aliphatic carbocycles. The number of ether oxygens (including phenoxy) is 2. The Morgan fingerprint density at radius 3 is 1.46 bits per heavy atom. The molecule has 1 heterocycles. The molecule has 1 saturated heterocycles. The lowest BCUT2D eigenvalue weighted by Crippen LogP contribution is -2.58. The molecule has 0 saturated carbocycles. The van der Waals surface area contributed by atoms with Crippen LogP contribution in [0.3, 0.4) is 0 Å². The van der Waals surface area contributed by atoms with Gasteiger partial charge in [0.05, 0.1) is 0 Å². The van der Waals surface area contributed by atoms with Gasteiger partial charge in [0.2, 0.25) is 11.4 Å². The standard InChI is InChI=1S/C19H22N2O3/c1-3-23-18(15-11-7-5-8-12-15)19(24-4-2,21-17(22)20-18)16-13-9-6-10-14-16/h5-14H,3-4H2,1-2H3,(H2,20,21,22)/t18-,19+. The lowest BCUT2D eigenvalue weighted by Gasteiger charge is -2.43. The molecule has 2 atom stereocenters. The van der Waals surface area contributed by atoms with Crippen molar-refractivity contribution in [3.05, 3.63) is 71.8 Å². The van der Waals surface area contributed by atoms with Gasteiger partial charge in [-0.2, -0.15) is 0 Å². The highest BCUT2D eigenvalue weighted by Crippen LogP contribution is 2.45. The Bertz CT molecular complexity index is 633. The van der Waals surface area contributed by atoms with Crippen LogP contribution < -0.4 is 10.6 Å². The highest BCUT2D eigenvalue weighted by atomic mass is 16.6. The van der Waals surface area contributed by atoms with Gasteiger partial charge in [0.25, 0.3) is 0 Å². The Morgan fingerprint density at radius 1 is 0.750 bits per heavy atom. The van der Waals surface area contributed by atoms with Crippen LogP contribution in [0.4, 0.5) is 4.79 Å². The van der Waals surface area contributed by atoms with Gasteiger partial charge in [-0.3, -0.25) is 0 Å². The van der Waals surface area contributed by atoms with Gasteiger partial charge in [-0.1, -0.05) is 60.7 Å². The molecule has 2 aromatic rings. The number of rotatable bonds is 6. The van der Waals surface area contributed by atoms with Crippen molar-refractivity contribution in [2.24, 2.45) is 0 Å². The van der Waals surface area contributed by atoms with E-state index < -0.39 is 11.4 Å². The molecular formula is C19H22N2O3. The SMILES string of the molecule is CCO[C@]1(c2ccccc2)NC(=O)N[C@@]1(OCC)c1ccccc1. The predicted octanol–water partition coefficient (Wildman–Crippen LogP) is 3.08. The fourth-order valence-corrected chi connectivity index (χ4v) is 3.30. The first kappa shape index (κ1) is 16.5. The van der Waals surface area contributed by atoms with E-state index in [1.807, 2.05) is 74.5 Å². The summed E-state index contributed by atoms with van der Waals surface area (Å²) in [6.45, 7) is 4.63. The molecule has 2 amide bonds. The molecule has 1 aliphatic heterocycles. The first-order chi connectivity index (χ1) is 11.7. The fourth-order valence-electron chi connectivity index (χ4n) is 3.30. The van der Waals surface area contributed by atoms with E-state index in [1.165, 1.54) is 0 Å². The van der Waals surface area contributed by atoms with Crippen molar-refractivity contribution < 1.29 is 14.3 Å². The zero-order chi connectivity index (χ0) is 17.0. The van der Waals surface area contributed by atoms with Gasteiger partial charge >= 0.3 is 6.03 Å². The summed E-state index contributed by atoms with van der Waals surface area (Å²) >= 11 is 0. The Labute approximate surface area is 142 Å². The van der Waals surface area contributed by atoms with E-state index in [0.717, 1.165) is 11.1 Å². The second-order valence-corrected chi connectivity index (χ2v) is 5.54. The van der Waals surface area contributed by atoms with Crippen LogP contribution in [0.25, 0.3) is 0 Å². The Kier molecular flexibility index (Phi) is 4.55. The first-order valence-electron chi connectivity index (χ1n) is 8.18. The van der Waals surface area contributed by atoms with Gasteiger partial charge in [0, 0.05) is 24.3 Å². The van der Waals surface area contributed by atoms with Crippen molar-refractivity contribution in [3.8, 4) is 0 Å². The van der Waals surface area contributed by atoms with Crippen LogP contribution in [0, 0.1) is 0 Å². The molecule has 2 aromatic carbocycles. The van der Waals surface area contributed by atoms with Crippen molar-refractivity contribution in [1.29, 1.82) is 0 Å². The lowest BCUT2D eigenvalue weighted by molar-refractivity contribution is -0.222. The molecule has 0 aromatic heterocycles. The number of amides is 2. The minimum Gasteiger partial charge on any atom is -0.347 e. The summed E-state index contributed by atoms with van der Waals surface area (Å²) in [4.78, 5) is 12.4. The molecule has 0 bridgehead atoms. The molecule has 126 valence electrons. The molecule has 1 fully saturated rings. The van der Waals surface area contributed by atoms with Gasteiger partial charge in [0.15, 0.2) is 0 Å². The number of urea groups is 1. The van der Waals surface area contributed by atoms with Crippen LogP contribution in [-0.2, 0) is 20.9 Å². The fraction of sp³-hybridized carbons (Fsp3) is 0.316. The molecular weight excluding hydrogens is 304 g/mol. The van der Waals surface area contributed by atoms with Crippen molar-refractivity contribution in [3.63, 3.8) is 0 Å². The van der Waals surface area contributed by atoms with E-state index in [2.05, 4.69) is 10.6 Å². The van der Waals surface area contributed by atoms with Crippen LogP contribution in [0.1, 0.15) is 25.0 Å². The normalized spacial score (nSPS) is 26.0. The predicted molar refractivity (Wildman–Crippen MR) is 91.2 cm³/mol. The monoisotopic (exact) mass is 326 g/mol. The molecule has 3 rings (SSSR count). The van der Waals surface area contributed by atoms with Gasteiger partial charge in [0.1, 0.15) is 0 Å². The maximum Gasteiger partial charge on any atom is 0.320 e. The number of hydrogen-bond acceptors (Lipinski definition) is 3. The smallest absolute Gasteiger partial charge is 0.320 e. The highest BCUT2D eigenvalue weighted by Gasteiger charge is 2.63. The summed E-state index contributed by atoms with van der Waals surface area (Å²) in [7, 11) is 0. The maximum absolute atomic E-state index is 12.4. The summed E-state index contributed by atoms with van der Waals surface area (Å²) in [6.07, 6.45) is 0. The number of hydrogen-bond donors (Lipinski definition) is 2. The molecule has 24 heavy (non-hydrogen) atoms. The second kappa shape index (κ2) is 6.63. The van der Waals surface area contributed by atoms with Gasteiger partial charge in [-0.25, -0.2) is 4.79 Å². The van der Waals surface area contributed by atoms with Crippen LogP contribution in [0.15, 0.2) is 60.7 Å². The van der Waals surface area contributed by atoms with Crippen molar-refractivity contribution in [2.45, 2.75) is 25.3 Å². The number of carbonyl (C=O) groups is 1. The summed E-state index contributed by atoms with van der Waals surface area (Å²) in [6, 6.07) is 18.9. The third-order valence-corrected chi connectivity index (χ3v) is 4.16. The van der Waals surface area contributed by atoms with E-state index in [9.17, 15) is 4.79 Å². The van der Waals surface area contributed by atoms with Gasteiger partial charge in [-0.15, -0.1) is 0 Å². The van der Waals surface area contributed by atoms with Crippen LogP contribution in [0.2, 0.25) is 0 Å². The molecule has 5 nitrogen and oxygen atoms in total. The third kappa shape index (κ3) is 2.46. The average molecular weight is 326 g/mol. The van der Waals surface area contributed by atoms with Crippen molar-refractivity contribution in [2.75, 3.05) is 13.2 Å². The van der Waals surface area contributed by atoms with Crippen LogP contribution >= 0.6 is 0 Å². The quantitative estimate of drug-likeness (QED) is 0.857. The number of nitrogens with one attached hydrogen (secondary N) is 2. The highest BCUT2D eigenvalue weighted by molar-refractivity contribution is 5.80. The molecule has 2 N–H and O–H groups in total. The summed E-state index contributed by atoms with van der Waals surface area (Å²) < 4.78 is 12.3. The number of carbonyl (C=O) groups excluding carboxylic acids is 1. The minimum atomic E-state index is -1.16. The Balaban J connectivity index is 2.25. The summed E-state index contributed by atoms with van der Waals surface area (Å²) in [5, 5.41) is 5.92. The number of benzene rings is 2. The zero-order valence-electron chi connectivity index (χ0n) is 13.9.